The van der Waals surface area contributed by atoms with Crippen molar-refractivity contribution in [2.75, 3.05) is 5.01 Å². The number of nitrogens with two attached hydrogens (primary N) is 1. The molecule has 2 nitrogen and oxygen atoms in total. The average molecular weight is 366 g/mol. The fraction of sp³-hybridized carbons (Fsp3) is 0. The molecule has 0 amide bonds. The van der Waals surface area contributed by atoms with Crippen molar-refractivity contribution < 1.29 is 0 Å². The summed E-state index contributed by atoms with van der Waals surface area (Å²) < 4.78 is 2.56. The number of thiophene rings is 1. The van der Waals surface area contributed by atoms with Gasteiger partial charge in [0.2, 0.25) is 0 Å². The third kappa shape index (κ3) is 2.87. The van der Waals surface area contributed by atoms with E-state index in [1.54, 1.807) is 16.3 Å². The molecule has 0 saturated heterocycles. The number of rotatable bonds is 3. The zero-order valence-electron chi connectivity index (χ0n) is 14.7. The Morgan fingerprint density at radius 1 is 0.556 bits per heavy atom. The molecule has 5 aromatic rings. The Morgan fingerprint density at radius 3 is 2.00 bits per heavy atom. The van der Waals surface area contributed by atoms with Crippen molar-refractivity contribution in [3.05, 3.63) is 97.1 Å². The van der Waals surface area contributed by atoms with Crippen LogP contribution in [0.2, 0.25) is 0 Å². The van der Waals surface area contributed by atoms with Crippen LogP contribution in [0.25, 0.3) is 31.3 Å². The Labute approximate surface area is 162 Å². The van der Waals surface area contributed by atoms with E-state index in [0.717, 1.165) is 11.4 Å². The summed E-state index contributed by atoms with van der Waals surface area (Å²) in [5, 5.41) is 4.34. The molecule has 0 fully saturated rings. The van der Waals surface area contributed by atoms with Gasteiger partial charge in [-0.15, -0.1) is 11.3 Å². The first-order valence-corrected chi connectivity index (χ1v) is 9.73. The maximum Gasteiger partial charge on any atom is 0.0589 e. The van der Waals surface area contributed by atoms with Crippen LogP contribution >= 0.6 is 11.3 Å². The molecule has 130 valence electrons. The van der Waals surface area contributed by atoms with Gasteiger partial charge < -0.3 is 0 Å². The number of nitrogens with zero attached hydrogens (tertiary/aromatic N) is 1. The summed E-state index contributed by atoms with van der Waals surface area (Å²) in [6.45, 7) is 0. The van der Waals surface area contributed by atoms with Crippen molar-refractivity contribution in [3.63, 3.8) is 0 Å². The maximum atomic E-state index is 6.43. The summed E-state index contributed by atoms with van der Waals surface area (Å²) in [7, 11) is 0. The molecule has 27 heavy (non-hydrogen) atoms. The Balaban J connectivity index is 1.49. The van der Waals surface area contributed by atoms with Crippen LogP contribution in [-0.4, -0.2) is 0 Å². The van der Waals surface area contributed by atoms with Gasteiger partial charge in [-0.05, 0) is 41.5 Å². The second-order valence-electron chi connectivity index (χ2n) is 6.56. The van der Waals surface area contributed by atoms with Gasteiger partial charge in [-0.1, -0.05) is 66.7 Å². The van der Waals surface area contributed by atoms with Gasteiger partial charge in [-0.3, -0.25) is 5.01 Å². The molecule has 2 N–H and O–H groups in total. The number of fused-ring (bicyclic) bond motifs is 3. The second-order valence-corrected chi connectivity index (χ2v) is 7.65. The zero-order valence-corrected chi connectivity index (χ0v) is 15.5. The molecular formula is C24H18N2S. The number of anilines is 2. The van der Waals surface area contributed by atoms with Gasteiger partial charge in [-0.2, -0.15) is 0 Å². The second kappa shape index (κ2) is 6.54. The van der Waals surface area contributed by atoms with Crippen molar-refractivity contribution in [3.8, 4) is 11.1 Å². The minimum atomic E-state index is 0.968. The summed E-state index contributed by atoms with van der Waals surface area (Å²) >= 11 is 1.81. The zero-order chi connectivity index (χ0) is 18.2. The normalized spacial score (nSPS) is 11.1. The minimum absolute atomic E-state index is 0.968. The lowest BCUT2D eigenvalue weighted by Crippen LogP contribution is -2.24. The molecule has 0 saturated carbocycles. The van der Waals surface area contributed by atoms with Gasteiger partial charge in [0.1, 0.15) is 0 Å². The molecule has 0 bridgehead atoms. The van der Waals surface area contributed by atoms with E-state index in [0.29, 0.717) is 0 Å². The molecule has 0 atom stereocenters. The number of hydrogen-bond donors (Lipinski definition) is 1. The van der Waals surface area contributed by atoms with Crippen molar-refractivity contribution in [1.82, 2.24) is 0 Å². The molecule has 0 aliphatic rings. The monoisotopic (exact) mass is 366 g/mol. The molecule has 0 aliphatic heterocycles. The van der Waals surface area contributed by atoms with Crippen molar-refractivity contribution in [1.29, 1.82) is 0 Å². The molecule has 0 unspecified atom stereocenters. The van der Waals surface area contributed by atoms with E-state index < -0.39 is 0 Å². The first-order chi connectivity index (χ1) is 13.3. The van der Waals surface area contributed by atoms with Gasteiger partial charge in [-0.25, -0.2) is 5.84 Å². The quantitative estimate of drug-likeness (QED) is 0.283. The smallest absolute Gasteiger partial charge is 0.0589 e. The minimum Gasteiger partial charge on any atom is -0.280 e. The van der Waals surface area contributed by atoms with E-state index in [2.05, 4.69) is 91.0 Å². The standard InChI is InChI=1S/C24H18N2S/c25-26(19-12-10-18(11-13-19)17-6-2-1-3-7-17)20-14-15-22-21-8-4-5-9-23(21)27-24(22)16-20/h1-16H,25H2. The molecular weight excluding hydrogens is 348 g/mol. The highest BCUT2D eigenvalue weighted by Gasteiger charge is 2.09. The highest BCUT2D eigenvalue weighted by Crippen LogP contribution is 2.36. The third-order valence-electron chi connectivity index (χ3n) is 4.89. The van der Waals surface area contributed by atoms with Crippen LogP contribution < -0.4 is 10.9 Å². The van der Waals surface area contributed by atoms with Crippen LogP contribution in [-0.2, 0) is 0 Å². The topological polar surface area (TPSA) is 29.3 Å². The number of hydrazine groups is 1. The lowest BCUT2D eigenvalue weighted by Gasteiger charge is -2.19. The van der Waals surface area contributed by atoms with Gasteiger partial charge in [0.05, 0.1) is 11.4 Å². The average Bonchev–Trinajstić information content (AvgIpc) is 3.12. The van der Waals surface area contributed by atoms with Crippen LogP contribution in [0.3, 0.4) is 0 Å². The van der Waals surface area contributed by atoms with Gasteiger partial charge in [0.15, 0.2) is 0 Å². The van der Waals surface area contributed by atoms with Gasteiger partial charge in [0.25, 0.3) is 0 Å². The summed E-state index contributed by atoms with van der Waals surface area (Å²) in [5.41, 5.74) is 4.35. The Morgan fingerprint density at radius 2 is 1.19 bits per heavy atom. The maximum absolute atomic E-state index is 6.43. The van der Waals surface area contributed by atoms with E-state index in [4.69, 9.17) is 5.84 Å². The Bertz CT molecular complexity index is 1220. The molecule has 0 radical (unpaired) electrons. The molecule has 1 aromatic heterocycles. The van der Waals surface area contributed by atoms with Crippen molar-refractivity contribution >= 4 is 42.9 Å². The van der Waals surface area contributed by atoms with Crippen LogP contribution in [0.15, 0.2) is 97.1 Å². The first-order valence-electron chi connectivity index (χ1n) is 8.91. The SMILES string of the molecule is NN(c1ccc(-c2ccccc2)cc1)c1ccc2c(c1)sc1ccccc12. The van der Waals surface area contributed by atoms with Crippen LogP contribution in [0.4, 0.5) is 11.4 Å². The van der Waals surface area contributed by atoms with Crippen LogP contribution in [0.1, 0.15) is 0 Å². The van der Waals surface area contributed by atoms with E-state index in [1.807, 2.05) is 6.07 Å². The molecule has 5 rings (SSSR count). The predicted octanol–water partition coefficient (Wildman–Crippen LogP) is 6.73. The summed E-state index contributed by atoms with van der Waals surface area (Å²) in [6.07, 6.45) is 0. The van der Waals surface area contributed by atoms with E-state index >= 15 is 0 Å². The van der Waals surface area contributed by atoms with E-state index in [-0.39, 0.29) is 0 Å². The first kappa shape index (κ1) is 16.1. The van der Waals surface area contributed by atoms with Crippen LogP contribution in [0.5, 0.6) is 0 Å². The number of hydrogen-bond acceptors (Lipinski definition) is 3. The molecule has 1 heterocycles. The van der Waals surface area contributed by atoms with Crippen LogP contribution in [0, 0.1) is 0 Å². The Hall–Kier alpha value is -3.14. The highest BCUT2D eigenvalue weighted by atomic mass is 32.1. The summed E-state index contributed by atoms with van der Waals surface area (Å²) in [6, 6.07) is 33.7. The molecule has 0 spiro atoms. The van der Waals surface area contributed by atoms with Crippen molar-refractivity contribution in [2.24, 2.45) is 5.84 Å². The summed E-state index contributed by atoms with van der Waals surface area (Å²) in [5.74, 6) is 6.43. The van der Waals surface area contributed by atoms with Gasteiger partial charge in [0, 0.05) is 20.2 Å². The fourth-order valence-electron chi connectivity index (χ4n) is 3.46. The molecule has 0 aliphatic carbocycles. The molecule has 3 heteroatoms. The van der Waals surface area contributed by atoms with Gasteiger partial charge >= 0.3 is 0 Å². The fourth-order valence-corrected chi connectivity index (χ4v) is 4.60. The third-order valence-corrected chi connectivity index (χ3v) is 6.03. The number of benzene rings is 4. The largest absolute Gasteiger partial charge is 0.280 e. The van der Waals surface area contributed by atoms with E-state index in [1.165, 1.54) is 31.3 Å². The molecule has 4 aromatic carbocycles. The lowest BCUT2D eigenvalue weighted by atomic mass is 10.1. The van der Waals surface area contributed by atoms with E-state index in [9.17, 15) is 0 Å². The lowest BCUT2D eigenvalue weighted by molar-refractivity contribution is 1.09. The highest BCUT2D eigenvalue weighted by molar-refractivity contribution is 7.25. The Kier molecular flexibility index (Phi) is 3.89. The van der Waals surface area contributed by atoms with Crippen molar-refractivity contribution in [2.45, 2.75) is 0 Å². The summed E-state index contributed by atoms with van der Waals surface area (Å²) in [4.78, 5) is 0. The predicted molar refractivity (Wildman–Crippen MR) is 118 cm³/mol.